The molecule has 1 saturated heterocycles. The molecule has 2 aromatic heterocycles. The zero-order valence-corrected chi connectivity index (χ0v) is 24.4. The first-order valence-electron chi connectivity index (χ1n) is 14.6. The zero-order chi connectivity index (χ0) is 29.8. The molecule has 0 atom stereocenters. The number of carbonyl (C=O) groups excluding carboxylic acids is 1. The number of aromatic amines is 2. The fourth-order valence-electron chi connectivity index (χ4n) is 5.59. The number of Topliss-reactive ketones (excluding diaryl/α,β-unsaturated/α-hetero) is 1. The van der Waals surface area contributed by atoms with Gasteiger partial charge >= 0.3 is 0 Å². The second-order valence-corrected chi connectivity index (χ2v) is 10.5. The van der Waals surface area contributed by atoms with Gasteiger partial charge in [-0.15, -0.1) is 0 Å². The molecular weight excluding hydrogens is 530 g/mol. The molecular formula is C33H37N5O4. The molecule has 42 heavy (non-hydrogen) atoms. The van der Waals surface area contributed by atoms with Crippen molar-refractivity contribution in [2.45, 2.75) is 53.0 Å². The highest BCUT2D eigenvalue weighted by atomic mass is 16.3. The number of H-pyrrole nitrogens is 2. The van der Waals surface area contributed by atoms with Crippen LogP contribution in [0.3, 0.4) is 0 Å². The standard InChI is InChI=1S/C31H31N5O4.C2H6/c1-19(37)20-7-6-8-21(15-20)22-16-23(38)18-27-26(17-22)33-30(39)29(32-27)24-9-2-3-10-25-28(24)34-36(31(25)40)14-13-35-11-4-5-12-35;1-2/h2-3,6-9,15-17,34,38H,4-5,10-14,18H2,1H3,(H,33,39);1-2H3. The van der Waals surface area contributed by atoms with Gasteiger partial charge in [-0.1, -0.05) is 50.3 Å². The van der Waals surface area contributed by atoms with Gasteiger partial charge in [0, 0.05) is 29.7 Å². The van der Waals surface area contributed by atoms with Gasteiger partial charge in [0.15, 0.2) is 5.78 Å². The van der Waals surface area contributed by atoms with E-state index in [4.69, 9.17) is 4.98 Å². The summed E-state index contributed by atoms with van der Waals surface area (Å²) in [6, 6.07) is 7.14. The van der Waals surface area contributed by atoms with Gasteiger partial charge in [-0.3, -0.25) is 24.2 Å². The van der Waals surface area contributed by atoms with E-state index in [1.807, 2.05) is 32.1 Å². The van der Waals surface area contributed by atoms with Gasteiger partial charge in [0.2, 0.25) is 0 Å². The topological polar surface area (TPSA) is 124 Å². The van der Waals surface area contributed by atoms with Crippen molar-refractivity contribution >= 4 is 23.0 Å². The number of ketones is 1. The minimum Gasteiger partial charge on any atom is -0.512 e. The molecule has 0 spiro atoms. The fourth-order valence-corrected chi connectivity index (χ4v) is 5.59. The SMILES string of the molecule is CC.CC(=O)c1cccc(C2=Cc3[nH]c(=O)c(C4=CC=CCc5c4[nH]n(CCN4CCCC4)c5=O)nc3CC(O)=C2)c1. The van der Waals surface area contributed by atoms with Crippen molar-refractivity contribution in [3.63, 3.8) is 0 Å². The number of aromatic nitrogens is 4. The second-order valence-electron chi connectivity index (χ2n) is 10.5. The number of nitrogens with zero attached hydrogens (tertiary/aromatic N) is 3. The molecule has 3 N–H and O–H groups in total. The number of hydrogen-bond acceptors (Lipinski definition) is 6. The Labute approximate surface area is 244 Å². The predicted molar refractivity (Wildman–Crippen MR) is 166 cm³/mol. The number of aliphatic hydroxyl groups is 1. The minimum atomic E-state index is -0.397. The van der Waals surface area contributed by atoms with E-state index in [9.17, 15) is 19.5 Å². The van der Waals surface area contributed by atoms with E-state index < -0.39 is 5.56 Å². The number of fused-ring (bicyclic) bond motifs is 2. The van der Waals surface area contributed by atoms with Gasteiger partial charge in [-0.05, 0) is 68.6 Å². The Bertz CT molecular complexity index is 1740. The van der Waals surface area contributed by atoms with Crippen LogP contribution >= 0.6 is 0 Å². The third-order valence-electron chi connectivity index (χ3n) is 7.73. The third kappa shape index (κ3) is 5.92. The van der Waals surface area contributed by atoms with Crippen LogP contribution in [0.25, 0.3) is 17.2 Å². The molecule has 6 rings (SSSR count). The first-order chi connectivity index (χ1) is 20.4. The zero-order valence-electron chi connectivity index (χ0n) is 24.4. The fraction of sp³-hybridized carbons (Fsp3) is 0.333. The molecule has 0 saturated carbocycles. The summed E-state index contributed by atoms with van der Waals surface area (Å²) in [6.07, 6.45) is 11.9. The van der Waals surface area contributed by atoms with Gasteiger partial charge < -0.3 is 15.0 Å². The maximum atomic E-state index is 13.4. The molecule has 1 fully saturated rings. The molecule has 0 amide bonds. The first kappa shape index (κ1) is 29.0. The molecule has 9 nitrogen and oxygen atoms in total. The van der Waals surface area contributed by atoms with Gasteiger partial charge in [-0.2, -0.15) is 0 Å². The normalized spacial score (nSPS) is 16.2. The molecule has 0 radical (unpaired) electrons. The van der Waals surface area contributed by atoms with Crippen LogP contribution in [0.5, 0.6) is 0 Å². The highest BCUT2D eigenvalue weighted by Gasteiger charge is 2.24. The summed E-state index contributed by atoms with van der Waals surface area (Å²) in [5, 5.41) is 14.0. The van der Waals surface area contributed by atoms with Crippen molar-refractivity contribution < 1.29 is 9.90 Å². The minimum absolute atomic E-state index is 0.0580. The smallest absolute Gasteiger partial charge is 0.275 e. The van der Waals surface area contributed by atoms with E-state index in [1.165, 1.54) is 19.8 Å². The van der Waals surface area contributed by atoms with Crippen LogP contribution in [-0.4, -0.2) is 55.2 Å². The van der Waals surface area contributed by atoms with E-state index in [0.717, 1.165) is 25.2 Å². The Balaban J connectivity index is 0.00000173. The number of nitrogens with one attached hydrogen (secondary N) is 2. The first-order valence-corrected chi connectivity index (χ1v) is 14.6. The Hall–Kier alpha value is -4.50. The lowest BCUT2D eigenvalue weighted by atomic mass is 10.0. The molecule has 1 aromatic carbocycles. The van der Waals surface area contributed by atoms with Crippen molar-refractivity contribution in [3.8, 4) is 0 Å². The van der Waals surface area contributed by atoms with E-state index in [1.54, 1.807) is 41.1 Å². The second kappa shape index (κ2) is 12.6. The van der Waals surface area contributed by atoms with E-state index >= 15 is 0 Å². The largest absolute Gasteiger partial charge is 0.512 e. The average molecular weight is 568 g/mol. The van der Waals surface area contributed by atoms with Crippen molar-refractivity contribution in [2.75, 3.05) is 19.6 Å². The summed E-state index contributed by atoms with van der Waals surface area (Å²) in [7, 11) is 0. The Morgan fingerprint density at radius 2 is 1.88 bits per heavy atom. The van der Waals surface area contributed by atoms with E-state index in [2.05, 4.69) is 15.0 Å². The average Bonchev–Trinajstić information content (AvgIpc) is 3.51. The van der Waals surface area contributed by atoms with E-state index in [-0.39, 0.29) is 29.2 Å². The molecule has 9 heteroatoms. The van der Waals surface area contributed by atoms with Crippen molar-refractivity contribution in [3.05, 3.63) is 115 Å². The molecule has 3 aliphatic rings. The van der Waals surface area contributed by atoms with Crippen molar-refractivity contribution in [1.29, 1.82) is 0 Å². The van der Waals surface area contributed by atoms with Gasteiger partial charge in [0.1, 0.15) is 5.69 Å². The summed E-state index contributed by atoms with van der Waals surface area (Å²) in [6.45, 7) is 8.95. The predicted octanol–water partition coefficient (Wildman–Crippen LogP) is 4.67. The third-order valence-corrected chi connectivity index (χ3v) is 7.73. The molecule has 2 aliphatic carbocycles. The van der Waals surface area contributed by atoms with E-state index in [0.29, 0.717) is 52.3 Å². The Morgan fingerprint density at radius 1 is 1.10 bits per heavy atom. The van der Waals surface area contributed by atoms with Crippen molar-refractivity contribution in [2.24, 2.45) is 0 Å². The lowest BCUT2D eigenvalue weighted by molar-refractivity contribution is 0.101. The number of carbonyl (C=O) groups is 1. The Morgan fingerprint density at radius 3 is 2.64 bits per heavy atom. The number of allylic oxidation sites excluding steroid dienone is 6. The van der Waals surface area contributed by atoms with Crippen LogP contribution in [0, 0.1) is 0 Å². The van der Waals surface area contributed by atoms with Crippen LogP contribution in [-0.2, 0) is 19.4 Å². The van der Waals surface area contributed by atoms with Crippen LogP contribution < -0.4 is 11.1 Å². The van der Waals surface area contributed by atoms with Crippen LogP contribution in [0.4, 0.5) is 0 Å². The summed E-state index contributed by atoms with van der Waals surface area (Å²) >= 11 is 0. The highest BCUT2D eigenvalue weighted by molar-refractivity contribution is 5.96. The highest BCUT2D eigenvalue weighted by Crippen LogP contribution is 2.28. The summed E-state index contributed by atoms with van der Waals surface area (Å²) in [5.41, 5.74) is 4.39. The molecule has 1 aliphatic heterocycles. The Kier molecular flexibility index (Phi) is 8.68. The van der Waals surface area contributed by atoms with Gasteiger partial charge in [-0.25, -0.2) is 4.98 Å². The lowest BCUT2D eigenvalue weighted by Gasteiger charge is -2.14. The lowest BCUT2D eigenvalue weighted by Crippen LogP contribution is -2.28. The quantitative estimate of drug-likeness (QED) is 0.372. The van der Waals surface area contributed by atoms with Crippen LogP contribution in [0.15, 0.2) is 63.9 Å². The van der Waals surface area contributed by atoms with Crippen molar-refractivity contribution in [1.82, 2.24) is 24.6 Å². The number of aliphatic hydroxyl groups excluding tert-OH is 1. The number of rotatable bonds is 6. The summed E-state index contributed by atoms with van der Waals surface area (Å²) in [5.74, 6) is 0.0260. The maximum absolute atomic E-state index is 13.4. The van der Waals surface area contributed by atoms with Crippen LogP contribution in [0.2, 0.25) is 0 Å². The summed E-state index contributed by atoms with van der Waals surface area (Å²) < 4.78 is 1.63. The molecule has 0 unspecified atom stereocenters. The summed E-state index contributed by atoms with van der Waals surface area (Å²) in [4.78, 5) is 48.6. The molecule has 3 heterocycles. The number of benzene rings is 1. The van der Waals surface area contributed by atoms with Gasteiger partial charge in [0.25, 0.3) is 11.1 Å². The molecule has 218 valence electrons. The monoisotopic (exact) mass is 567 g/mol. The molecule has 0 bridgehead atoms. The maximum Gasteiger partial charge on any atom is 0.275 e. The van der Waals surface area contributed by atoms with Gasteiger partial charge in [0.05, 0.1) is 29.4 Å². The number of hydrogen-bond donors (Lipinski definition) is 3. The molecule has 3 aromatic rings. The number of likely N-dealkylation sites (tertiary alicyclic amines) is 1. The van der Waals surface area contributed by atoms with Crippen LogP contribution in [0.1, 0.15) is 77.9 Å².